The van der Waals surface area contributed by atoms with Crippen molar-refractivity contribution in [2.75, 3.05) is 13.2 Å². The van der Waals surface area contributed by atoms with Gasteiger partial charge in [-0.3, -0.25) is 9.59 Å². The Bertz CT molecular complexity index is 1160. The summed E-state index contributed by atoms with van der Waals surface area (Å²) in [6, 6.07) is 19.1. The molecule has 1 unspecified atom stereocenters. The number of nitrogens with two attached hydrogens (primary N) is 1. The van der Waals surface area contributed by atoms with Crippen LogP contribution in [0.15, 0.2) is 72.8 Å². The second-order valence-electron chi connectivity index (χ2n) is 7.48. The second kappa shape index (κ2) is 11.6. The molecule has 7 nitrogen and oxygen atoms in total. The number of benzene rings is 3. The summed E-state index contributed by atoms with van der Waals surface area (Å²) in [5, 5.41) is 2.80. The van der Waals surface area contributed by atoms with E-state index in [0.29, 0.717) is 5.56 Å². The molecule has 0 aliphatic carbocycles. The third-order valence-electron chi connectivity index (χ3n) is 5.02. The number of esters is 1. The summed E-state index contributed by atoms with van der Waals surface area (Å²) in [4.78, 5) is 36.1. The van der Waals surface area contributed by atoms with Crippen LogP contribution in [-0.4, -0.2) is 31.0 Å². The highest BCUT2D eigenvalue weighted by molar-refractivity contribution is 5.94. The van der Waals surface area contributed by atoms with Crippen LogP contribution in [0, 0.1) is 5.82 Å². The smallest absolute Gasteiger partial charge is 0.342 e. The molecule has 0 radical (unpaired) electrons. The van der Waals surface area contributed by atoms with Crippen molar-refractivity contribution < 1.29 is 28.2 Å². The fraction of sp³-hybridized carbons (Fsp3) is 0.192. The third kappa shape index (κ3) is 6.65. The first-order chi connectivity index (χ1) is 16.4. The topological polar surface area (TPSA) is 108 Å². The van der Waals surface area contributed by atoms with E-state index in [1.807, 2.05) is 31.2 Å². The van der Waals surface area contributed by atoms with Crippen LogP contribution in [0.4, 0.5) is 4.39 Å². The van der Waals surface area contributed by atoms with E-state index in [0.717, 1.165) is 17.5 Å². The maximum atomic E-state index is 13.9. The van der Waals surface area contributed by atoms with Crippen molar-refractivity contribution in [1.29, 1.82) is 0 Å². The zero-order valence-corrected chi connectivity index (χ0v) is 18.6. The Hall–Kier alpha value is -4.20. The molecule has 34 heavy (non-hydrogen) atoms. The standard InChI is InChI=1S/C26H25FN2O5/c1-2-17-10-12-18(13-11-17)25(19-6-5-7-20(27)14-19)29-24(31)16-34-26(32)21-8-3-4-9-22(21)33-15-23(28)30/h3-14,25H,2,15-16H2,1H3,(H2,28,30)(H,29,31). The Morgan fingerprint density at radius 3 is 2.35 bits per heavy atom. The lowest BCUT2D eigenvalue weighted by atomic mass is 9.97. The van der Waals surface area contributed by atoms with Crippen molar-refractivity contribution in [2.45, 2.75) is 19.4 Å². The molecule has 3 rings (SSSR count). The van der Waals surface area contributed by atoms with Gasteiger partial charge in [0.15, 0.2) is 13.2 Å². The number of carbonyl (C=O) groups excluding carboxylic acids is 3. The van der Waals surface area contributed by atoms with Gasteiger partial charge in [0, 0.05) is 0 Å². The number of amides is 2. The molecule has 3 N–H and O–H groups in total. The van der Waals surface area contributed by atoms with Gasteiger partial charge in [0.1, 0.15) is 17.1 Å². The molecular formula is C26H25FN2O5. The minimum absolute atomic E-state index is 0.0494. The first kappa shape index (κ1) is 24.4. The molecule has 0 aliphatic heterocycles. The van der Waals surface area contributed by atoms with Crippen molar-refractivity contribution in [3.8, 4) is 5.75 Å². The molecule has 2 amide bonds. The number of hydrogen-bond donors (Lipinski definition) is 2. The van der Waals surface area contributed by atoms with Crippen LogP contribution >= 0.6 is 0 Å². The normalized spacial score (nSPS) is 11.4. The summed E-state index contributed by atoms with van der Waals surface area (Å²) in [6.07, 6.45) is 0.859. The van der Waals surface area contributed by atoms with Gasteiger partial charge in [-0.1, -0.05) is 55.5 Å². The Morgan fingerprint density at radius 1 is 0.941 bits per heavy atom. The summed E-state index contributed by atoms with van der Waals surface area (Å²) in [5.41, 5.74) is 7.56. The summed E-state index contributed by atoms with van der Waals surface area (Å²) in [5.74, 6) is -2.39. The van der Waals surface area contributed by atoms with E-state index in [9.17, 15) is 18.8 Å². The monoisotopic (exact) mass is 464 g/mol. The molecule has 0 aromatic heterocycles. The molecule has 3 aromatic carbocycles. The van der Waals surface area contributed by atoms with Crippen LogP contribution in [0.3, 0.4) is 0 Å². The van der Waals surface area contributed by atoms with Crippen molar-refractivity contribution in [1.82, 2.24) is 5.32 Å². The summed E-state index contributed by atoms with van der Waals surface area (Å²) in [7, 11) is 0. The number of aryl methyl sites for hydroxylation is 1. The number of hydrogen-bond acceptors (Lipinski definition) is 5. The fourth-order valence-corrected chi connectivity index (χ4v) is 3.31. The zero-order valence-electron chi connectivity index (χ0n) is 18.6. The molecule has 0 saturated carbocycles. The average Bonchev–Trinajstić information content (AvgIpc) is 2.84. The van der Waals surface area contributed by atoms with Crippen molar-refractivity contribution in [2.24, 2.45) is 5.73 Å². The van der Waals surface area contributed by atoms with E-state index >= 15 is 0 Å². The molecule has 0 fully saturated rings. The predicted octanol–water partition coefficient (Wildman–Crippen LogP) is 3.31. The highest BCUT2D eigenvalue weighted by atomic mass is 19.1. The maximum absolute atomic E-state index is 13.9. The van der Waals surface area contributed by atoms with Crippen molar-refractivity contribution in [3.63, 3.8) is 0 Å². The number of para-hydroxylation sites is 1. The van der Waals surface area contributed by atoms with Crippen LogP contribution in [0.5, 0.6) is 5.75 Å². The van der Waals surface area contributed by atoms with Gasteiger partial charge in [-0.25, -0.2) is 9.18 Å². The van der Waals surface area contributed by atoms with Crippen molar-refractivity contribution in [3.05, 3.63) is 101 Å². The number of carbonyl (C=O) groups is 3. The molecule has 0 saturated heterocycles. The largest absolute Gasteiger partial charge is 0.483 e. The van der Waals surface area contributed by atoms with Gasteiger partial charge < -0.3 is 20.5 Å². The molecule has 8 heteroatoms. The summed E-state index contributed by atoms with van der Waals surface area (Å²) in [6.45, 7) is 1.06. The van der Waals surface area contributed by atoms with Crippen molar-refractivity contribution >= 4 is 17.8 Å². The first-order valence-electron chi connectivity index (χ1n) is 10.7. The van der Waals surface area contributed by atoms with E-state index < -0.39 is 42.9 Å². The first-order valence-corrected chi connectivity index (χ1v) is 10.7. The maximum Gasteiger partial charge on any atom is 0.342 e. The molecule has 176 valence electrons. The number of primary amides is 1. The zero-order chi connectivity index (χ0) is 24.5. The van der Waals surface area contributed by atoms with Gasteiger partial charge in [-0.05, 0) is 47.4 Å². The van der Waals surface area contributed by atoms with Crippen LogP contribution in [0.25, 0.3) is 0 Å². The predicted molar refractivity (Wildman–Crippen MR) is 124 cm³/mol. The highest BCUT2D eigenvalue weighted by Gasteiger charge is 2.20. The van der Waals surface area contributed by atoms with Gasteiger partial charge >= 0.3 is 5.97 Å². The lowest BCUT2D eigenvalue weighted by Crippen LogP contribution is -2.33. The third-order valence-corrected chi connectivity index (χ3v) is 5.02. The minimum atomic E-state index is -0.801. The van der Waals surface area contributed by atoms with Crippen LogP contribution in [-0.2, 0) is 20.7 Å². The number of rotatable bonds is 10. The minimum Gasteiger partial charge on any atom is -0.483 e. The molecule has 0 spiro atoms. The van der Waals surface area contributed by atoms with E-state index in [2.05, 4.69) is 5.32 Å². The fourth-order valence-electron chi connectivity index (χ4n) is 3.31. The molecule has 1 atom stereocenters. The highest BCUT2D eigenvalue weighted by Crippen LogP contribution is 2.24. The van der Waals surface area contributed by atoms with Gasteiger partial charge in [0.25, 0.3) is 11.8 Å². The van der Waals surface area contributed by atoms with Crippen LogP contribution in [0.2, 0.25) is 0 Å². The summed E-state index contributed by atoms with van der Waals surface area (Å²) < 4.78 is 24.2. The number of nitrogens with one attached hydrogen (secondary N) is 1. The molecule has 0 aliphatic rings. The quantitative estimate of drug-likeness (QED) is 0.448. The summed E-state index contributed by atoms with van der Waals surface area (Å²) >= 11 is 0. The molecule has 0 bridgehead atoms. The molecular weight excluding hydrogens is 439 g/mol. The van der Waals surface area contributed by atoms with Gasteiger partial charge in [-0.15, -0.1) is 0 Å². The van der Waals surface area contributed by atoms with Crippen LogP contribution in [0.1, 0.15) is 40.0 Å². The second-order valence-corrected chi connectivity index (χ2v) is 7.48. The Kier molecular flexibility index (Phi) is 8.34. The Morgan fingerprint density at radius 2 is 1.68 bits per heavy atom. The lowest BCUT2D eigenvalue weighted by molar-refractivity contribution is -0.124. The Balaban J connectivity index is 1.71. The van der Waals surface area contributed by atoms with E-state index in [-0.39, 0.29) is 11.3 Å². The molecule has 0 heterocycles. The SMILES string of the molecule is CCc1ccc(C(NC(=O)COC(=O)c2ccccc2OCC(N)=O)c2cccc(F)c2)cc1. The van der Waals surface area contributed by atoms with Gasteiger partial charge in [0.05, 0.1) is 6.04 Å². The van der Waals surface area contributed by atoms with E-state index in [1.54, 1.807) is 24.3 Å². The van der Waals surface area contributed by atoms with Crippen LogP contribution < -0.4 is 15.8 Å². The van der Waals surface area contributed by atoms with Gasteiger partial charge in [-0.2, -0.15) is 0 Å². The van der Waals surface area contributed by atoms with E-state index in [4.69, 9.17) is 15.2 Å². The van der Waals surface area contributed by atoms with E-state index in [1.165, 1.54) is 24.3 Å². The number of halogens is 1. The number of ether oxygens (including phenoxy) is 2. The van der Waals surface area contributed by atoms with Gasteiger partial charge in [0.2, 0.25) is 0 Å². The average molecular weight is 464 g/mol. The Labute approximate surface area is 196 Å². The lowest BCUT2D eigenvalue weighted by Gasteiger charge is -2.20. The molecule has 3 aromatic rings.